The minimum absolute atomic E-state index is 0.0334. The topological polar surface area (TPSA) is 58.2 Å². The van der Waals surface area contributed by atoms with Crippen molar-refractivity contribution in [2.45, 2.75) is 37.6 Å². The maximum atomic E-state index is 13.8. The molecule has 1 fully saturated rings. The Labute approximate surface area is 130 Å². The highest BCUT2D eigenvalue weighted by atomic mass is 35.5. The predicted molar refractivity (Wildman–Crippen MR) is 81.3 cm³/mol. The van der Waals surface area contributed by atoms with Gasteiger partial charge >= 0.3 is 0 Å². The number of nitrogens with one attached hydrogen (secondary N) is 2. The number of hydrogen-bond acceptors (Lipinski definition) is 3. The SMILES string of the molecule is CCNCc1cc(S(=O)(=O)NCC2CCC2)cc(F)c1Cl. The first-order valence-electron chi connectivity index (χ1n) is 7.12. The molecule has 1 saturated carbocycles. The Morgan fingerprint density at radius 1 is 1.38 bits per heavy atom. The molecule has 2 N–H and O–H groups in total. The Hall–Kier alpha value is -0.690. The lowest BCUT2D eigenvalue weighted by molar-refractivity contribution is 0.316. The third-order valence-corrected chi connectivity index (χ3v) is 5.57. The summed E-state index contributed by atoms with van der Waals surface area (Å²) >= 11 is 5.88. The molecule has 1 aromatic carbocycles. The molecule has 0 spiro atoms. The lowest BCUT2D eigenvalue weighted by Gasteiger charge is -2.25. The summed E-state index contributed by atoms with van der Waals surface area (Å²) in [4.78, 5) is -0.0726. The van der Waals surface area contributed by atoms with Gasteiger partial charge in [-0.15, -0.1) is 0 Å². The van der Waals surface area contributed by atoms with E-state index < -0.39 is 15.8 Å². The van der Waals surface area contributed by atoms with Crippen LogP contribution in [0.5, 0.6) is 0 Å². The first-order chi connectivity index (χ1) is 9.94. The van der Waals surface area contributed by atoms with Gasteiger partial charge in [-0.25, -0.2) is 17.5 Å². The lowest BCUT2D eigenvalue weighted by Crippen LogP contribution is -2.32. The lowest BCUT2D eigenvalue weighted by atomic mass is 9.86. The van der Waals surface area contributed by atoms with E-state index in [1.54, 1.807) is 0 Å². The van der Waals surface area contributed by atoms with Gasteiger partial charge < -0.3 is 5.32 Å². The van der Waals surface area contributed by atoms with Crippen molar-refractivity contribution in [3.05, 3.63) is 28.5 Å². The molecule has 0 amide bonds. The number of benzene rings is 1. The van der Waals surface area contributed by atoms with Crippen LogP contribution in [-0.2, 0) is 16.6 Å². The summed E-state index contributed by atoms with van der Waals surface area (Å²) in [6, 6.07) is 2.40. The normalized spacial score (nSPS) is 16.0. The molecule has 0 heterocycles. The van der Waals surface area contributed by atoms with E-state index in [4.69, 9.17) is 11.6 Å². The van der Waals surface area contributed by atoms with E-state index in [-0.39, 0.29) is 9.92 Å². The Morgan fingerprint density at radius 3 is 2.67 bits per heavy atom. The van der Waals surface area contributed by atoms with Crippen LogP contribution in [0.25, 0.3) is 0 Å². The summed E-state index contributed by atoms with van der Waals surface area (Å²) < 4.78 is 40.8. The van der Waals surface area contributed by atoms with Gasteiger partial charge in [0.05, 0.1) is 9.92 Å². The molecular weight excluding hydrogens is 315 g/mol. The van der Waals surface area contributed by atoms with Crippen molar-refractivity contribution in [1.29, 1.82) is 0 Å². The van der Waals surface area contributed by atoms with Crippen LogP contribution in [0.2, 0.25) is 5.02 Å². The first-order valence-corrected chi connectivity index (χ1v) is 8.98. The van der Waals surface area contributed by atoms with Crippen LogP contribution in [0, 0.1) is 11.7 Å². The van der Waals surface area contributed by atoms with Crippen LogP contribution in [0.15, 0.2) is 17.0 Å². The van der Waals surface area contributed by atoms with Crippen molar-refractivity contribution >= 4 is 21.6 Å². The van der Waals surface area contributed by atoms with Gasteiger partial charge in [0.1, 0.15) is 5.82 Å². The van der Waals surface area contributed by atoms with E-state index >= 15 is 0 Å². The molecule has 0 bridgehead atoms. The molecule has 0 unspecified atom stereocenters. The summed E-state index contributed by atoms with van der Waals surface area (Å²) in [5.41, 5.74) is 0.447. The van der Waals surface area contributed by atoms with Gasteiger partial charge in [0.25, 0.3) is 0 Å². The summed E-state index contributed by atoms with van der Waals surface area (Å²) in [6.45, 7) is 3.34. The average Bonchev–Trinajstić information content (AvgIpc) is 2.38. The fourth-order valence-corrected chi connectivity index (χ4v) is 3.52. The Morgan fingerprint density at radius 2 is 2.10 bits per heavy atom. The van der Waals surface area contributed by atoms with Crippen molar-refractivity contribution in [3.8, 4) is 0 Å². The minimum Gasteiger partial charge on any atom is -0.313 e. The van der Waals surface area contributed by atoms with Gasteiger partial charge in [-0.2, -0.15) is 0 Å². The zero-order chi connectivity index (χ0) is 15.5. The molecule has 2 rings (SSSR count). The molecule has 1 aromatic rings. The monoisotopic (exact) mass is 334 g/mol. The molecule has 0 aromatic heterocycles. The zero-order valence-corrected chi connectivity index (χ0v) is 13.5. The van der Waals surface area contributed by atoms with Gasteiger partial charge in [0.2, 0.25) is 10.0 Å². The van der Waals surface area contributed by atoms with Gasteiger partial charge in [-0.3, -0.25) is 0 Å². The van der Waals surface area contributed by atoms with Crippen LogP contribution in [0.3, 0.4) is 0 Å². The van der Waals surface area contributed by atoms with E-state index in [1.165, 1.54) is 6.07 Å². The van der Waals surface area contributed by atoms with Crippen LogP contribution < -0.4 is 10.0 Å². The van der Waals surface area contributed by atoms with E-state index in [0.29, 0.717) is 31.1 Å². The summed E-state index contributed by atoms with van der Waals surface area (Å²) in [6.07, 6.45) is 3.24. The second-order valence-electron chi connectivity index (χ2n) is 5.31. The maximum absolute atomic E-state index is 13.8. The molecule has 4 nitrogen and oxygen atoms in total. The molecule has 0 atom stereocenters. The van der Waals surface area contributed by atoms with E-state index in [2.05, 4.69) is 10.0 Å². The summed E-state index contributed by atoms with van der Waals surface area (Å²) in [7, 11) is -3.69. The smallest absolute Gasteiger partial charge is 0.240 e. The summed E-state index contributed by atoms with van der Waals surface area (Å²) in [5.74, 6) is -0.311. The van der Waals surface area contributed by atoms with Crippen molar-refractivity contribution < 1.29 is 12.8 Å². The predicted octanol–water partition coefficient (Wildman–Crippen LogP) is 2.67. The van der Waals surface area contributed by atoms with Crippen LogP contribution >= 0.6 is 11.6 Å². The highest BCUT2D eigenvalue weighted by Gasteiger charge is 2.23. The third-order valence-electron chi connectivity index (χ3n) is 3.74. The van der Waals surface area contributed by atoms with Crippen molar-refractivity contribution in [2.75, 3.05) is 13.1 Å². The van der Waals surface area contributed by atoms with Gasteiger partial charge in [-0.05, 0) is 43.0 Å². The molecule has 0 radical (unpaired) electrons. The highest BCUT2D eigenvalue weighted by molar-refractivity contribution is 7.89. The highest BCUT2D eigenvalue weighted by Crippen LogP contribution is 2.27. The maximum Gasteiger partial charge on any atom is 0.240 e. The Balaban J connectivity index is 2.18. The van der Waals surface area contributed by atoms with Crippen molar-refractivity contribution in [3.63, 3.8) is 0 Å². The molecule has 0 saturated heterocycles. The van der Waals surface area contributed by atoms with Crippen LogP contribution in [0.1, 0.15) is 31.7 Å². The van der Waals surface area contributed by atoms with E-state index in [0.717, 1.165) is 25.3 Å². The standard InChI is InChI=1S/C14H20ClFN2O2S/c1-2-17-9-11-6-12(7-13(16)14(11)15)21(19,20)18-8-10-4-3-5-10/h6-7,10,17-18H,2-5,8-9H2,1H3. The van der Waals surface area contributed by atoms with E-state index in [1.807, 2.05) is 6.92 Å². The minimum atomic E-state index is -3.69. The van der Waals surface area contributed by atoms with Gasteiger partial charge in [-0.1, -0.05) is 24.9 Å². The molecule has 21 heavy (non-hydrogen) atoms. The molecule has 1 aliphatic carbocycles. The molecular formula is C14H20ClFN2O2S. The van der Waals surface area contributed by atoms with Crippen molar-refractivity contribution in [2.24, 2.45) is 5.92 Å². The number of hydrogen-bond donors (Lipinski definition) is 2. The Kier molecular flexibility index (Phi) is 5.60. The average molecular weight is 335 g/mol. The number of sulfonamides is 1. The fourth-order valence-electron chi connectivity index (χ4n) is 2.17. The quantitative estimate of drug-likeness (QED) is 0.806. The van der Waals surface area contributed by atoms with Gasteiger partial charge in [0, 0.05) is 13.1 Å². The number of halogens is 2. The third kappa shape index (κ3) is 4.16. The largest absolute Gasteiger partial charge is 0.313 e. The molecule has 7 heteroatoms. The van der Waals surface area contributed by atoms with Gasteiger partial charge in [0.15, 0.2) is 0 Å². The fraction of sp³-hybridized carbons (Fsp3) is 0.571. The van der Waals surface area contributed by atoms with E-state index in [9.17, 15) is 12.8 Å². The van der Waals surface area contributed by atoms with Crippen molar-refractivity contribution in [1.82, 2.24) is 10.0 Å². The molecule has 118 valence electrons. The molecule has 0 aliphatic heterocycles. The first kappa shape index (κ1) is 16.7. The van der Waals surface area contributed by atoms with Crippen LogP contribution in [0.4, 0.5) is 4.39 Å². The Bertz CT molecular complexity index is 603. The zero-order valence-electron chi connectivity index (χ0n) is 12.0. The molecule has 1 aliphatic rings. The second kappa shape index (κ2) is 7.05. The number of rotatable bonds is 7. The second-order valence-corrected chi connectivity index (χ2v) is 7.45. The summed E-state index contributed by atoms with van der Waals surface area (Å²) in [5, 5.41) is 2.98. The van der Waals surface area contributed by atoms with Crippen LogP contribution in [-0.4, -0.2) is 21.5 Å².